The minimum absolute atomic E-state index is 0.124. The molecule has 0 bridgehead atoms. The van der Waals surface area contributed by atoms with Crippen molar-refractivity contribution in [3.63, 3.8) is 0 Å². The largest absolute Gasteiger partial charge is 0.493 e. The van der Waals surface area contributed by atoms with E-state index in [0.717, 1.165) is 51.9 Å². The second kappa shape index (κ2) is 9.74. The highest BCUT2D eigenvalue weighted by Gasteiger charge is 2.24. The SMILES string of the molecule is N#CB1CCC(COc2ccc(-c3cc4nccc(Oc5ccc(N)cc5F)c4s3)cc2)CC1. The highest BCUT2D eigenvalue weighted by atomic mass is 32.1. The predicted octanol–water partition coefficient (Wildman–Crippen LogP) is 6.82. The second-order valence-corrected chi connectivity index (χ2v) is 9.66. The summed E-state index contributed by atoms with van der Waals surface area (Å²) >= 11 is 1.55. The van der Waals surface area contributed by atoms with Gasteiger partial charge in [-0.05, 0) is 53.9 Å². The number of aromatic nitrogens is 1. The molecule has 0 saturated carbocycles. The van der Waals surface area contributed by atoms with Gasteiger partial charge in [-0.15, -0.1) is 11.3 Å². The number of pyridine rings is 1. The zero-order valence-electron chi connectivity index (χ0n) is 18.5. The first kappa shape index (κ1) is 22.2. The van der Waals surface area contributed by atoms with Crippen LogP contribution in [0.5, 0.6) is 17.2 Å². The molecule has 2 N–H and O–H groups in total. The molecular weight excluding hydrogens is 448 g/mol. The maximum absolute atomic E-state index is 14.2. The first-order valence-electron chi connectivity index (χ1n) is 11.3. The van der Waals surface area contributed by atoms with Crippen molar-refractivity contribution >= 4 is 34.0 Å². The summed E-state index contributed by atoms with van der Waals surface area (Å²) in [5, 5.41) is 9.04. The first-order valence-corrected chi connectivity index (χ1v) is 12.1. The number of halogens is 1. The number of rotatable bonds is 6. The van der Waals surface area contributed by atoms with Gasteiger partial charge in [0.25, 0.3) is 6.71 Å². The summed E-state index contributed by atoms with van der Waals surface area (Å²) in [6.45, 7) is 0.898. The Morgan fingerprint density at radius 3 is 2.62 bits per heavy atom. The van der Waals surface area contributed by atoms with Crippen LogP contribution in [0.2, 0.25) is 12.6 Å². The van der Waals surface area contributed by atoms with E-state index in [1.807, 2.05) is 30.3 Å². The number of nitriles is 1. The number of hydrogen-bond donors (Lipinski definition) is 1. The highest BCUT2D eigenvalue weighted by molar-refractivity contribution is 7.22. The Hall–Kier alpha value is -3.57. The van der Waals surface area contributed by atoms with Crippen LogP contribution in [0.4, 0.5) is 10.1 Å². The summed E-state index contributed by atoms with van der Waals surface area (Å²) in [4.78, 5) is 5.49. The van der Waals surface area contributed by atoms with Crippen LogP contribution in [0.1, 0.15) is 12.8 Å². The fraction of sp³-hybridized carbons (Fsp3) is 0.231. The lowest BCUT2D eigenvalue weighted by Crippen LogP contribution is -2.23. The molecule has 2 aromatic carbocycles. The van der Waals surface area contributed by atoms with E-state index in [9.17, 15) is 4.39 Å². The molecule has 170 valence electrons. The molecule has 0 radical (unpaired) electrons. The molecule has 3 heterocycles. The van der Waals surface area contributed by atoms with Gasteiger partial charge >= 0.3 is 0 Å². The van der Waals surface area contributed by atoms with E-state index in [-0.39, 0.29) is 12.5 Å². The quantitative estimate of drug-likeness (QED) is 0.246. The maximum Gasteiger partial charge on any atom is 0.267 e. The van der Waals surface area contributed by atoms with Crippen LogP contribution in [0.25, 0.3) is 20.7 Å². The van der Waals surface area contributed by atoms with Crippen LogP contribution in [0, 0.1) is 23.0 Å². The van der Waals surface area contributed by atoms with Gasteiger partial charge < -0.3 is 15.2 Å². The van der Waals surface area contributed by atoms with Gasteiger partial charge in [0.2, 0.25) is 0 Å². The number of anilines is 1. The topological polar surface area (TPSA) is 81.2 Å². The molecule has 1 aliphatic rings. The van der Waals surface area contributed by atoms with E-state index < -0.39 is 5.82 Å². The third kappa shape index (κ3) is 4.85. The number of benzene rings is 2. The van der Waals surface area contributed by atoms with Gasteiger partial charge in [-0.1, -0.05) is 25.5 Å². The zero-order chi connectivity index (χ0) is 23.5. The normalized spacial score (nSPS) is 14.2. The summed E-state index contributed by atoms with van der Waals surface area (Å²) in [7, 11) is 0. The van der Waals surface area contributed by atoms with Crippen LogP contribution in [0.15, 0.2) is 60.8 Å². The standard InChI is InChI=1S/C26H23BFN3O2S/c28-21-13-19(30)3-6-23(21)33-24-9-12-31-22-14-25(34-26(22)24)18-1-4-20(5-2-18)32-15-17-7-10-27(16-29)11-8-17/h1-6,9,12-14,17H,7-8,10-11,15,30H2. The molecule has 8 heteroatoms. The molecule has 0 unspecified atom stereocenters. The average Bonchev–Trinajstić information content (AvgIpc) is 3.30. The number of nitrogen functional groups attached to an aromatic ring is 1. The molecule has 34 heavy (non-hydrogen) atoms. The third-order valence-corrected chi connectivity index (χ3v) is 7.39. The number of nitrogens with zero attached hydrogens (tertiary/aromatic N) is 2. The predicted molar refractivity (Wildman–Crippen MR) is 135 cm³/mol. The van der Waals surface area contributed by atoms with Gasteiger partial charge in [0, 0.05) is 34.9 Å². The lowest BCUT2D eigenvalue weighted by atomic mass is 9.42. The van der Waals surface area contributed by atoms with Crippen molar-refractivity contribution in [1.29, 1.82) is 5.26 Å². The van der Waals surface area contributed by atoms with E-state index in [0.29, 0.717) is 24.0 Å². The molecule has 0 spiro atoms. The number of fused-ring (bicyclic) bond motifs is 1. The van der Waals surface area contributed by atoms with Crippen LogP contribution in [0.3, 0.4) is 0 Å². The van der Waals surface area contributed by atoms with Crippen molar-refractivity contribution in [2.24, 2.45) is 5.92 Å². The zero-order valence-corrected chi connectivity index (χ0v) is 19.4. The Morgan fingerprint density at radius 2 is 1.88 bits per heavy atom. The second-order valence-electron chi connectivity index (χ2n) is 8.61. The maximum atomic E-state index is 14.2. The molecule has 0 aliphatic carbocycles. The van der Waals surface area contributed by atoms with Crippen LogP contribution in [-0.2, 0) is 0 Å². The van der Waals surface area contributed by atoms with Gasteiger partial charge in [0.15, 0.2) is 11.6 Å². The van der Waals surface area contributed by atoms with E-state index in [1.165, 1.54) is 12.1 Å². The summed E-state index contributed by atoms with van der Waals surface area (Å²) in [6.07, 6.45) is 5.70. The van der Waals surface area contributed by atoms with Gasteiger partial charge in [-0.25, -0.2) is 9.65 Å². The Balaban J connectivity index is 1.29. The van der Waals surface area contributed by atoms with Crippen molar-refractivity contribution in [1.82, 2.24) is 4.98 Å². The van der Waals surface area contributed by atoms with E-state index in [4.69, 9.17) is 20.5 Å². The molecule has 0 amide bonds. The minimum Gasteiger partial charge on any atom is -0.493 e. The number of thiophene rings is 1. The number of nitrogens with two attached hydrogens (primary N) is 1. The van der Waals surface area contributed by atoms with Crippen molar-refractivity contribution in [2.45, 2.75) is 25.5 Å². The monoisotopic (exact) mass is 471 g/mol. The van der Waals surface area contributed by atoms with Gasteiger partial charge in [-0.2, -0.15) is 0 Å². The molecule has 1 fully saturated rings. The number of hydrogen-bond acceptors (Lipinski definition) is 6. The van der Waals surface area contributed by atoms with Gasteiger partial charge in [0.1, 0.15) is 11.5 Å². The van der Waals surface area contributed by atoms with E-state index >= 15 is 0 Å². The van der Waals surface area contributed by atoms with Crippen molar-refractivity contribution in [2.75, 3.05) is 12.3 Å². The Labute approximate surface area is 202 Å². The Kier molecular flexibility index (Phi) is 6.37. The number of ether oxygens (including phenoxy) is 2. The summed E-state index contributed by atoms with van der Waals surface area (Å²) in [5.41, 5.74) is 7.83. The highest BCUT2D eigenvalue weighted by Crippen LogP contribution is 2.40. The lowest BCUT2D eigenvalue weighted by Gasteiger charge is -2.23. The third-order valence-electron chi connectivity index (χ3n) is 6.21. The molecular formula is C26H23BFN3O2S. The molecule has 1 aliphatic heterocycles. The summed E-state index contributed by atoms with van der Waals surface area (Å²) in [5.74, 6) is 3.90. The average molecular weight is 471 g/mol. The molecule has 5 nitrogen and oxygen atoms in total. The van der Waals surface area contributed by atoms with Crippen LogP contribution in [-0.4, -0.2) is 18.3 Å². The summed E-state index contributed by atoms with van der Waals surface area (Å²) in [6, 6.07) is 16.2. The van der Waals surface area contributed by atoms with E-state index in [1.54, 1.807) is 29.7 Å². The molecule has 4 aromatic rings. The smallest absolute Gasteiger partial charge is 0.267 e. The first-order chi connectivity index (χ1) is 16.6. The molecule has 2 aromatic heterocycles. The van der Waals surface area contributed by atoms with Crippen molar-refractivity contribution < 1.29 is 13.9 Å². The van der Waals surface area contributed by atoms with Crippen LogP contribution < -0.4 is 15.2 Å². The molecule has 0 atom stereocenters. The van der Waals surface area contributed by atoms with Crippen LogP contribution >= 0.6 is 11.3 Å². The lowest BCUT2D eigenvalue weighted by molar-refractivity contribution is 0.236. The molecule has 5 rings (SSSR count). The van der Waals surface area contributed by atoms with Crippen molar-refractivity contribution in [3.8, 4) is 33.7 Å². The van der Waals surface area contributed by atoms with Gasteiger partial charge in [0.05, 0.1) is 16.8 Å². The Bertz CT molecular complexity index is 1340. The minimum atomic E-state index is -0.504. The molecule has 1 saturated heterocycles. The fourth-order valence-corrected chi connectivity index (χ4v) is 5.31. The van der Waals surface area contributed by atoms with Gasteiger partial charge in [-0.3, -0.25) is 4.98 Å². The van der Waals surface area contributed by atoms with E-state index in [2.05, 4.69) is 11.0 Å². The fourth-order valence-electron chi connectivity index (χ4n) is 4.24. The van der Waals surface area contributed by atoms with Crippen molar-refractivity contribution in [3.05, 3.63) is 66.6 Å². The Morgan fingerprint density at radius 1 is 1.09 bits per heavy atom. The summed E-state index contributed by atoms with van der Waals surface area (Å²) < 4.78 is 26.9.